The molecule has 0 spiro atoms. The smallest absolute Gasteiger partial charge is 0.116 e. The van der Waals surface area contributed by atoms with E-state index in [1.807, 2.05) is 19.9 Å². The molecule has 2 unspecified atom stereocenters. The van der Waals surface area contributed by atoms with Gasteiger partial charge in [-0.05, 0) is 44.3 Å². The minimum Gasteiger partial charge on any atom is -0.385 e. The average Bonchev–Trinajstić information content (AvgIpc) is 2.49. The molecule has 0 rings (SSSR count). The maximum atomic E-state index is 12.8. The molecule has 0 bridgehead atoms. The summed E-state index contributed by atoms with van der Waals surface area (Å²) in [5.74, 6) is 0.863. The van der Waals surface area contributed by atoms with Crippen LogP contribution in [-0.4, -0.2) is 20.3 Å². The van der Waals surface area contributed by atoms with E-state index in [1.165, 1.54) is 11.6 Å². The predicted molar refractivity (Wildman–Crippen MR) is 102 cm³/mol. The van der Waals surface area contributed by atoms with Crippen molar-refractivity contribution in [1.82, 2.24) is 10.6 Å². The van der Waals surface area contributed by atoms with Crippen LogP contribution in [0.1, 0.15) is 34.1 Å². The highest BCUT2D eigenvalue weighted by Gasteiger charge is 2.07. The molecule has 2 atom stereocenters. The fourth-order valence-electron chi connectivity index (χ4n) is 2.04. The number of rotatable bonds is 12. The minimum absolute atomic E-state index is 0.177. The zero-order valence-corrected chi connectivity index (χ0v) is 15.8. The Morgan fingerprint density at radius 2 is 1.67 bits per heavy atom. The highest BCUT2D eigenvalue weighted by molar-refractivity contribution is 5.22. The summed E-state index contributed by atoms with van der Waals surface area (Å²) in [6.07, 6.45) is 4.46. The van der Waals surface area contributed by atoms with Crippen LogP contribution in [0, 0.1) is 11.8 Å². The maximum Gasteiger partial charge on any atom is 0.116 e. The standard InChI is InChI=1S/C20H33FN2O/c1-14(9-10-24-8)16(3)12-19(6)23-20(7)22-13-17(4)15(2)11-18(5)21/h11-12,14,17,22-23H,5-7,9-10,13H2,1-4,8H3/b15-11+,16-12+. The van der Waals surface area contributed by atoms with Crippen molar-refractivity contribution in [3.8, 4) is 0 Å². The van der Waals surface area contributed by atoms with E-state index in [9.17, 15) is 4.39 Å². The molecule has 0 heterocycles. The van der Waals surface area contributed by atoms with Crippen LogP contribution in [0.5, 0.6) is 0 Å². The lowest BCUT2D eigenvalue weighted by molar-refractivity contribution is 0.185. The zero-order valence-electron chi connectivity index (χ0n) is 15.8. The zero-order chi connectivity index (χ0) is 18.7. The molecular weight excluding hydrogens is 303 g/mol. The van der Waals surface area contributed by atoms with Crippen LogP contribution in [0.3, 0.4) is 0 Å². The van der Waals surface area contributed by atoms with Gasteiger partial charge in [-0.15, -0.1) is 0 Å². The first-order chi connectivity index (χ1) is 11.2. The second kappa shape index (κ2) is 11.7. The van der Waals surface area contributed by atoms with Crippen molar-refractivity contribution in [3.05, 3.63) is 60.4 Å². The van der Waals surface area contributed by atoms with E-state index in [4.69, 9.17) is 4.74 Å². The third-order valence-corrected chi connectivity index (χ3v) is 4.03. The van der Waals surface area contributed by atoms with Gasteiger partial charge in [-0.25, -0.2) is 4.39 Å². The third-order valence-electron chi connectivity index (χ3n) is 4.03. The Labute approximate surface area is 147 Å². The summed E-state index contributed by atoms with van der Waals surface area (Å²) in [6.45, 7) is 20.8. The van der Waals surface area contributed by atoms with Crippen molar-refractivity contribution in [2.45, 2.75) is 34.1 Å². The largest absolute Gasteiger partial charge is 0.385 e. The highest BCUT2D eigenvalue weighted by Crippen LogP contribution is 2.15. The number of halogens is 1. The Balaban J connectivity index is 4.37. The number of hydrogen-bond donors (Lipinski definition) is 2. The van der Waals surface area contributed by atoms with Gasteiger partial charge in [0.1, 0.15) is 5.83 Å². The lowest BCUT2D eigenvalue weighted by Gasteiger charge is -2.18. The number of allylic oxidation sites excluding steroid dienone is 4. The Kier molecular flexibility index (Phi) is 10.8. The van der Waals surface area contributed by atoms with Gasteiger partial charge < -0.3 is 15.4 Å². The molecule has 0 aromatic rings. The molecule has 0 saturated carbocycles. The average molecular weight is 336 g/mol. The monoisotopic (exact) mass is 336 g/mol. The Hall–Kier alpha value is -1.81. The summed E-state index contributed by atoms with van der Waals surface area (Å²) < 4.78 is 17.9. The van der Waals surface area contributed by atoms with Gasteiger partial charge in [0.05, 0.1) is 5.82 Å². The molecule has 3 nitrogen and oxygen atoms in total. The van der Waals surface area contributed by atoms with Crippen LogP contribution in [0.2, 0.25) is 0 Å². The molecule has 0 amide bonds. The lowest BCUT2D eigenvalue weighted by atomic mass is 9.99. The van der Waals surface area contributed by atoms with Gasteiger partial charge in [0, 0.05) is 26.0 Å². The molecule has 0 fully saturated rings. The molecule has 0 aliphatic heterocycles. The van der Waals surface area contributed by atoms with Crippen molar-refractivity contribution in [2.75, 3.05) is 20.3 Å². The second-order valence-corrected chi connectivity index (χ2v) is 6.32. The van der Waals surface area contributed by atoms with E-state index >= 15 is 0 Å². The van der Waals surface area contributed by atoms with Gasteiger partial charge in [-0.3, -0.25) is 0 Å². The summed E-state index contributed by atoms with van der Waals surface area (Å²) in [7, 11) is 1.71. The first kappa shape index (κ1) is 22.2. The van der Waals surface area contributed by atoms with Gasteiger partial charge in [-0.1, -0.05) is 44.7 Å². The summed E-state index contributed by atoms with van der Waals surface area (Å²) in [5.41, 5.74) is 2.96. The quantitative estimate of drug-likeness (QED) is 0.501. The summed E-state index contributed by atoms with van der Waals surface area (Å²) >= 11 is 0. The van der Waals surface area contributed by atoms with Gasteiger partial charge in [-0.2, -0.15) is 0 Å². The van der Waals surface area contributed by atoms with Crippen molar-refractivity contribution in [1.29, 1.82) is 0 Å². The van der Waals surface area contributed by atoms with E-state index < -0.39 is 5.83 Å². The molecule has 2 N–H and O–H groups in total. The molecule has 0 aliphatic rings. The van der Waals surface area contributed by atoms with E-state index in [0.717, 1.165) is 24.3 Å². The van der Waals surface area contributed by atoms with Gasteiger partial charge in [0.2, 0.25) is 0 Å². The second-order valence-electron chi connectivity index (χ2n) is 6.32. The van der Waals surface area contributed by atoms with Crippen LogP contribution in [0.4, 0.5) is 4.39 Å². The summed E-state index contributed by atoms with van der Waals surface area (Å²) in [6, 6.07) is 0. The van der Waals surface area contributed by atoms with Crippen LogP contribution >= 0.6 is 0 Å². The van der Waals surface area contributed by atoms with Crippen molar-refractivity contribution < 1.29 is 9.13 Å². The number of ether oxygens (including phenoxy) is 1. The van der Waals surface area contributed by atoms with E-state index in [1.54, 1.807) is 7.11 Å². The van der Waals surface area contributed by atoms with Crippen LogP contribution < -0.4 is 10.6 Å². The SMILES string of the molecule is C=C(F)/C=C(\C)C(C)CNC(=C)NC(=C)/C=C(\C)C(C)CCOC. The number of hydrogen-bond acceptors (Lipinski definition) is 3. The van der Waals surface area contributed by atoms with Crippen LogP contribution in [0.25, 0.3) is 0 Å². The molecule has 24 heavy (non-hydrogen) atoms. The molecule has 136 valence electrons. The van der Waals surface area contributed by atoms with Crippen molar-refractivity contribution in [3.63, 3.8) is 0 Å². The van der Waals surface area contributed by atoms with E-state index in [0.29, 0.717) is 18.3 Å². The Bertz CT molecular complexity index is 506. The van der Waals surface area contributed by atoms with E-state index in [2.05, 4.69) is 44.2 Å². The first-order valence-electron chi connectivity index (χ1n) is 8.25. The fraction of sp³-hybridized carbons (Fsp3) is 0.500. The highest BCUT2D eigenvalue weighted by atomic mass is 19.1. The van der Waals surface area contributed by atoms with E-state index in [-0.39, 0.29) is 5.92 Å². The molecule has 0 aromatic heterocycles. The molecule has 0 radical (unpaired) electrons. The molecule has 0 aromatic carbocycles. The van der Waals surface area contributed by atoms with Crippen molar-refractivity contribution in [2.24, 2.45) is 11.8 Å². The maximum absolute atomic E-state index is 12.8. The number of methoxy groups -OCH3 is 1. The first-order valence-corrected chi connectivity index (χ1v) is 8.25. The third kappa shape index (κ3) is 10.1. The summed E-state index contributed by atoms with van der Waals surface area (Å²) in [5, 5.41) is 6.33. The normalized spacial score (nSPS) is 14.8. The topological polar surface area (TPSA) is 33.3 Å². The Morgan fingerprint density at radius 1 is 1.08 bits per heavy atom. The predicted octanol–water partition coefficient (Wildman–Crippen LogP) is 4.84. The molecule has 4 heteroatoms. The number of nitrogens with one attached hydrogen (secondary N) is 2. The van der Waals surface area contributed by atoms with Gasteiger partial charge >= 0.3 is 0 Å². The van der Waals surface area contributed by atoms with Gasteiger partial charge in [0.25, 0.3) is 0 Å². The molecule has 0 aliphatic carbocycles. The fourth-order valence-corrected chi connectivity index (χ4v) is 2.04. The molecule has 0 saturated heterocycles. The lowest BCUT2D eigenvalue weighted by Crippen LogP contribution is -2.28. The van der Waals surface area contributed by atoms with Crippen molar-refractivity contribution >= 4 is 0 Å². The Morgan fingerprint density at radius 3 is 2.21 bits per heavy atom. The summed E-state index contributed by atoms with van der Waals surface area (Å²) in [4.78, 5) is 0. The van der Waals surface area contributed by atoms with Crippen LogP contribution in [0.15, 0.2) is 60.4 Å². The molecular formula is C20H33FN2O. The van der Waals surface area contributed by atoms with Crippen LogP contribution in [-0.2, 0) is 4.74 Å². The van der Waals surface area contributed by atoms with Gasteiger partial charge in [0.15, 0.2) is 0 Å². The minimum atomic E-state index is -0.423.